The van der Waals surface area contributed by atoms with Gasteiger partial charge in [-0.1, -0.05) is 13.8 Å². The quantitative estimate of drug-likeness (QED) is 0.585. The molecule has 1 aliphatic heterocycles. The molecule has 2 heterocycles. The number of unbranched alkanes of at least 4 members (excludes halogenated alkanes) is 2. The van der Waals surface area contributed by atoms with Gasteiger partial charge in [0.15, 0.2) is 0 Å². The van der Waals surface area contributed by atoms with E-state index < -0.39 is 10.0 Å². The summed E-state index contributed by atoms with van der Waals surface area (Å²) in [5.41, 5.74) is 2.35. The maximum atomic E-state index is 12.7. The van der Waals surface area contributed by atoms with E-state index in [2.05, 4.69) is 10.00 Å². The molecule has 7 heteroatoms. The zero-order chi connectivity index (χ0) is 19.3. The summed E-state index contributed by atoms with van der Waals surface area (Å²) in [6.45, 7) is 7.72. The number of anilines is 1. The summed E-state index contributed by atoms with van der Waals surface area (Å²) in [6.07, 6.45) is 8.17. The van der Waals surface area contributed by atoms with Crippen LogP contribution in [0.3, 0.4) is 0 Å². The molecule has 3 rings (SSSR count). The minimum Gasteiger partial charge on any atom is -0.371 e. The van der Waals surface area contributed by atoms with Crippen LogP contribution in [0, 0.1) is 0 Å². The Morgan fingerprint density at radius 3 is 2.59 bits per heavy atom. The lowest BCUT2D eigenvalue weighted by Gasteiger charge is -2.21. The topological polar surface area (TPSA) is 58.4 Å². The van der Waals surface area contributed by atoms with Crippen LogP contribution in [0.4, 0.5) is 5.69 Å². The van der Waals surface area contributed by atoms with Gasteiger partial charge in [-0.3, -0.25) is 4.68 Å². The molecule has 0 fully saturated rings. The van der Waals surface area contributed by atoms with Crippen LogP contribution in [0.15, 0.2) is 41.6 Å². The fourth-order valence-corrected chi connectivity index (χ4v) is 5.25. The van der Waals surface area contributed by atoms with Crippen LogP contribution in [-0.2, 0) is 23.0 Å². The van der Waals surface area contributed by atoms with Gasteiger partial charge in [0, 0.05) is 50.8 Å². The predicted molar refractivity (Wildman–Crippen MR) is 109 cm³/mol. The van der Waals surface area contributed by atoms with Crippen molar-refractivity contribution in [2.24, 2.45) is 0 Å². The summed E-state index contributed by atoms with van der Waals surface area (Å²) < 4.78 is 28.9. The monoisotopic (exact) mass is 390 g/mol. The molecule has 27 heavy (non-hydrogen) atoms. The second-order valence-corrected chi connectivity index (χ2v) is 8.88. The van der Waals surface area contributed by atoms with Crippen molar-refractivity contribution in [2.75, 3.05) is 31.1 Å². The Morgan fingerprint density at radius 2 is 1.89 bits per heavy atom. The molecule has 0 spiro atoms. The number of nitrogens with zero attached hydrogens (tertiary/aromatic N) is 4. The number of hydrogen-bond donors (Lipinski definition) is 0. The van der Waals surface area contributed by atoms with Crippen LogP contribution in [0.5, 0.6) is 0 Å². The second-order valence-electron chi connectivity index (χ2n) is 6.95. The van der Waals surface area contributed by atoms with Gasteiger partial charge >= 0.3 is 0 Å². The van der Waals surface area contributed by atoms with Crippen LogP contribution >= 0.6 is 0 Å². The van der Waals surface area contributed by atoms with Gasteiger partial charge in [0.1, 0.15) is 0 Å². The first-order valence-corrected chi connectivity index (χ1v) is 11.4. The Balaban J connectivity index is 1.56. The first-order valence-electron chi connectivity index (χ1n) is 9.91. The predicted octanol–water partition coefficient (Wildman–Crippen LogP) is 3.15. The first-order chi connectivity index (χ1) is 13.1. The molecule has 0 saturated heterocycles. The van der Waals surface area contributed by atoms with Gasteiger partial charge in [0.05, 0.1) is 4.90 Å². The zero-order valence-electron chi connectivity index (χ0n) is 16.3. The molecule has 1 aliphatic rings. The highest BCUT2D eigenvalue weighted by atomic mass is 32.2. The fourth-order valence-electron chi connectivity index (χ4n) is 3.74. The summed E-state index contributed by atoms with van der Waals surface area (Å²) in [6, 6.07) is 7.58. The second kappa shape index (κ2) is 8.89. The number of benzene rings is 1. The molecule has 0 atom stereocenters. The van der Waals surface area contributed by atoms with Gasteiger partial charge < -0.3 is 4.90 Å². The number of fused-ring (bicyclic) bond motifs is 1. The Labute approximate surface area is 162 Å². The van der Waals surface area contributed by atoms with Gasteiger partial charge in [-0.05, 0) is 55.5 Å². The molecule has 0 amide bonds. The van der Waals surface area contributed by atoms with Gasteiger partial charge in [0.2, 0.25) is 10.0 Å². The minimum atomic E-state index is -3.38. The van der Waals surface area contributed by atoms with Crippen LogP contribution in [-0.4, -0.2) is 48.7 Å². The van der Waals surface area contributed by atoms with E-state index in [4.69, 9.17) is 0 Å². The minimum absolute atomic E-state index is 0.422. The van der Waals surface area contributed by atoms with E-state index >= 15 is 0 Å². The number of sulfonamides is 1. The van der Waals surface area contributed by atoms with E-state index in [1.807, 2.05) is 49.1 Å². The highest BCUT2D eigenvalue weighted by Gasteiger charge is 2.25. The third kappa shape index (κ3) is 4.52. The molecule has 148 valence electrons. The summed E-state index contributed by atoms with van der Waals surface area (Å²) in [4.78, 5) is 2.81. The summed E-state index contributed by atoms with van der Waals surface area (Å²) in [5, 5.41) is 4.23. The smallest absolute Gasteiger partial charge is 0.243 e. The molecule has 0 unspecified atom stereocenters. The average molecular weight is 391 g/mol. The Bertz CT molecular complexity index is 830. The third-order valence-electron chi connectivity index (χ3n) is 5.26. The van der Waals surface area contributed by atoms with Crippen LogP contribution < -0.4 is 4.90 Å². The highest BCUT2D eigenvalue weighted by molar-refractivity contribution is 7.89. The van der Waals surface area contributed by atoms with Crippen molar-refractivity contribution in [3.63, 3.8) is 0 Å². The van der Waals surface area contributed by atoms with Gasteiger partial charge in [-0.15, -0.1) is 0 Å². The van der Waals surface area contributed by atoms with Crippen molar-refractivity contribution in [2.45, 2.75) is 51.0 Å². The highest BCUT2D eigenvalue weighted by Crippen LogP contribution is 2.31. The SMILES string of the molecule is CCN(CC)S(=O)(=O)c1ccc2c(c1)CCN2CCCCCn1cccn1. The maximum Gasteiger partial charge on any atom is 0.243 e. The molecule has 1 aromatic carbocycles. The molecular formula is C20H30N4O2S. The van der Waals surface area contributed by atoms with Gasteiger partial charge in [-0.2, -0.15) is 9.40 Å². The lowest BCUT2D eigenvalue weighted by molar-refractivity contribution is 0.445. The number of aromatic nitrogens is 2. The summed E-state index contributed by atoms with van der Waals surface area (Å²) in [7, 11) is -3.38. The molecule has 0 bridgehead atoms. The van der Waals surface area contributed by atoms with E-state index in [1.54, 1.807) is 6.07 Å². The van der Waals surface area contributed by atoms with Gasteiger partial charge in [0.25, 0.3) is 0 Å². The average Bonchev–Trinajstić information content (AvgIpc) is 3.31. The van der Waals surface area contributed by atoms with Crippen molar-refractivity contribution >= 4 is 15.7 Å². The first kappa shape index (κ1) is 19.9. The lowest BCUT2D eigenvalue weighted by Crippen LogP contribution is -2.30. The van der Waals surface area contributed by atoms with Crippen molar-refractivity contribution in [3.8, 4) is 0 Å². The summed E-state index contributed by atoms with van der Waals surface area (Å²) >= 11 is 0. The zero-order valence-corrected chi connectivity index (χ0v) is 17.2. The van der Waals surface area contributed by atoms with Crippen molar-refractivity contribution in [3.05, 3.63) is 42.2 Å². The fraction of sp³-hybridized carbons (Fsp3) is 0.550. The molecule has 1 aromatic heterocycles. The van der Waals surface area contributed by atoms with E-state index in [-0.39, 0.29) is 0 Å². The van der Waals surface area contributed by atoms with Crippen molar-refractivity contribution in [1.29, 1.82) is 0 Å². The Kier molecular flexibility index (Phi) is 6.55. The molecule has 0 radical (unpaired) electrons. The molecule has 6 nitrogen and oxygen atoms in total. The number of aryl methyl sites for hydroxylation is 1. The van der Waals surface area contributed by atoms with E-state index in [0.717, 1.165) is 44.5 Å². The molecule has 0 saturated carbocycles. The van der Waals surface area contributed by atoms with E-state index in [1.165, 1.54) is 16.4 Å². The van der Waals surface area contributed by atoms with Crippen molar-refractivity contribution in [1.82, 2.24) is 14.1 Å². The number of hydrogen-bond acceptors (Lipinski definition) is 4. The van der Waals surface area contributed by atoms with Crippen molar-refractivity contribution < 1.29 is 8.42 Å². The molecule has 0 N–H and O–H groups in total. The van der Waals surface area contributed by atoms with E-state index in [0.29, 0.717) is 18.0 Å². The maximum absolute atomic E-state index is 12.7. The Morgan fingerprint density at radius 1 is 1.11 bits per heavy atom. The van der Waals surface area contributed by atoms with Crippen LogP contribution in [0.25, 0.3) is 0 Å². The Hall–Kier alpha value is -1.86. The molecular weight excluding hydrogens is 360 g/mol. The normalized spacial score (nSPS) is 14.1. The third-order valence-corrected chi connectivity index (χ3v) is 7.31. The number of rotatable bonds is 10. The van der Waals surface area contributed by atoms with Gasteiger partial charge in [-0.25, -0.2) is 8.42 Å². The lowest BCUT2D eigenvalue weighted by atomic mass is 10.2. The van der Waals surface area contributed by atoms with Crippen LogP contribution in [0.2, 0.25) is 0 Å². The molecule has 0 aliphatic carbocycles. The van der Waals surface area contributed by atoms with E-state index in [9.17, 15) is 8.42 Å². The molecule has 2 aromatic rings. The largest absolute Gasteiger partial charge is 0.371 e. The summed E-state index contributed by atoms with van der Waals surface area (Å²) in [5.74, 6) is 0. The standard InChI is InChI=1S/C20H30N4O2S/c1-3-24(4-2)27(25,26)19-9-10-20-18(17-19)11-16-22(20)13-6-5-7-14-23-15-8-12-21-23/h8-10,12,15,17H,3-7,11,13-14,16H2,1-2H3. The van der Waals surface area contributed by atoms with Crippen LogP contribution in [0.1, 0.15) is 38.7 Å².